The average Bonchev–Trinajstić information content (AvgIpc) is 2.70. The van der Waals surface area contributed by atoms with Gasteiger partial charge in [0, 0.05) is 12.8 Å². The summed E-state index contributed by atoms with van der Waals surface area (Å²) in [5.74, 6) is -0.405. The smallest absolute Gasteiger partial charge is 0.163 e. The highest BCUT2D eigenvalue weighted by molar-refractivity contribution is 5.10. The van der Waals surface area contributed by atoms with Crippen LogP contribution in [0.4, 0.5) is 0 Å². The van der Waals surface area contributed by atoms with Crippen molar-refractivity contribution < 1.29 is 36.4 Å². The van der Waals surface area contributed by atoms with Crippen molar-refractivity contribution in [1.82, 2.24) is 0 Å². The van der Waals surface area contributed by atoms with Crippen LogP contribution in [0, 0.1) is 5.92 Å². The summed E-state index contributed by atoms with van der Waals surface area (Å²) in [5.41, 5.74) is 0. The highest BCUT2D eigenvalue weighted by atomic mass is 79.9. The summed E-state index contributed by atoms with van der Waals surface area (Å²) in [6.45, 7) is 8.06. The SMILES string of the molecule is C=C/C=C\C=C\C(CO)C(O)OC1CC2CCCC1[N+]2(C)C(C)C.[Br-]. The van der Waals surface area contributed by atoms with Gasteiger partial charge in [-0.1, -0.05) is 37.0 Å². The number of aliphatic hydroxyl groups excluding tert-OH is 2. The summed E-state index contributed by atoms with van der Waals surface area (Å²) in [6.07, 6.45) is 12.7. The summed E-state index contributed by atoms with van der Waals surface area (Å²) < 4.78 is 7.12. The van der Waals surface area contributed by atoms with Gasteiger partial charge >= 0.3 is 0 Å². The van der Waals surface area contributed by atoms with E-state index in [4.69, 9.17) is 4.74 Å². The van der Waals surface area contributed by atoms with E-state index in [-0.39, 0.29) is 29.7 Å². The summed E-state index contributed by atoms with van der Waals surface area (Å²) in [6, 6.07) is 1.63. The second-order valence-corrected chi connectivity index (χ2v) is 7.62. The quantitative estimate of drug-likeness (QED) is 0.327. The molecule has 2 aliphatic rings. The van der Waals surface area contributed by atoms with Crippen LogP contribution in [0.25, 0.3) is 0 Å². The Morgan fingerprint density at radius 3 is 2.52 bits per heavy atom. The van der Waals surface area contributed by atoms with Gasteiger partial charge in [0.1, 0.15) is 12.1 Å². The third-order valence-corrected chi connectivity index (χ3v) is 6.19. The van der Waals surface area contributed by atoms with E-state index >= 15 is 0 Å². The molecule has 2 bridgehead atoms. The average molecular weight is 416 g/mol. The van der Waals surface area contributed by atoms with Gasteiger partial charge in [0.2, 0.25) is 0 Å². The molecule has 4 nitrogen and oxygen atoms in total. The number of piperidine rings is 1. The highest BCUT2D eigenvalue weighted by Crippen LogP contribution is 2.44. The molecule has 2 saturated heterocycles. The van der Waals surface area contributed by atoms with Gasteiger partial charge in [-0.05, 0) is 26.7 Å². The molecular formula is C20H34BrNO3. The van der Waals surface area contributed by atoms with Crippen molar-refractivity contribution in [3.63, 3.8) is 0 Å². The fourth-order valence-electron chi connectivity index (χ4n) is 4.53. The Morgan fingerprint density at radius 2 is 1.96 bits per heavy atom. The lowest BCUT2D eigenvalue weighted by atomic mass is 9.97. The Hall–Kier alpha value is -0.460. The van der Waals surface area contributed by atoms with Crippen molar-refractivity contribution in [3.8, 4) is 0 Å². The topological polar surface area (TPSA) is 49.7 Å². The van der Waals surface area contributed by atoms with Gasteiger partial charge in [0.25, 0.3) is 0 Å². The molecule has 2 heterocycles. The van der Waals surface area contributed by atoms with Crippen LogP contribution >= 0.6 is 0 Å². The van der Waals surface area contributed by atoms with Gasteiger partial charge in [-0.25, -0.2) is 0 Å². The van der Waals surface area contributed by atoms with Crippen LogP contribution in [0.15, 0.2) is 37.0 Å². The molecule has 0 saturated carbocycles. The molecule has 0 amide bonds. The molecule has 5 heteroatoms. The zero-order valence-corrected chi connectivity index (χ0v) is 17.3. The first-order chi connectivity index (χ1) is 11.4. The number of aliphatic hydroxyl groups is 2. The molecule has 6 unspecified atom stereocenters. The molecule has 0 aromatic rings. The number of halogens is 1. The predicted molar refractivity (Wildman–Crippen MR) is 97.3 cm³/mol. The first kappa shape index (κ1) is 22.6. The van der Waals surface area contributed by atoms with E-state index in [0.29, 0.717) is 18.1 Å². The lowest BCUT2D eigenvalue weighted by molar-refractivity contribution is -0.968. The number of fused-ring (bicyclic) bond motifs is 2. The first-order valence-corrected chi connectivity index (χ1v) is 9.21. The van der Waals surface area contributed by atoms with Crippen molar-refractivity contribution in [3.05, 3.63) is 37.0 Å². The van der Waals surface area contributed by atoms with Crippen LogP contribution in [0.2, 0.25) is 0 Å². The van der Waals surface area contributed by atoms with Crippen molar-refractivity contribution in [1.29, 1.82) is 0 Å². The monoisotopic (exact) mass is 415 g/mol. The van der Waals surface area contributed by atoms with Crippen LogP contribution in [-0.2, 0) is 4.74 Å². The lowest BCUT2D eigenvalue weighted by Gasteiger charge is -2.48. The number of hydrogen-bond acceptors (Lipinski definition) is 3. The normalized spacial score (nSPS) is 34.4. The molecule has 25 heavy (non-hydrogen) atoms. The summed E-state index contributed by atoms with van der Waals surface area (Å²) in [4.78, 5) is 0. The Morgan fingerprint density at radius 1 is 1.24 bits per heavy atom. The highest BCUT2D eigenvalue weighted by Gasteiger charge is 2.56. The molecule has 0 aromatic heterocycles. The minimum Gasteiger partial charge on any atom is -1.00 e. The zero-order valence-electron chi connectivity index (χ0n) is 15.7. The Kier molecular flexibility index (Phi) is 9.05. The van der Waals surface area contributed by atoms with Gasteiger partial charge < -0.3 is 36.4 Å². The molecule has 0 aliphatic carbocycles. The van der Waals surface area contributed by atoms with E-state index < -0.39 is 12.2 Å². The van der Waals surface area contributed by atoms with Crippen LogP contribution in [0.1, 0.15) is 39.5 Å². The third-order valence-electron chi connectivity index (χ3n) is 6.19. The van der Waals surface area contributed by atoms with Crippen LogP contribution < -0.4 is 17.0 Å². The van der Waals surface area contributed by atoms with Gasteiger partial charge in [-0.2, -0.15) is 0 Å². The number of nitrogens with zero attached hydrogens (tertiary/aromatic N) is 1. The molecule has 2 N–H and O–H groups in total. The van der Waals surface area contributed by atoms with Crippen LogP contribution in [0.3, 0.4) is 0 Å². The maximum atomic E-state index is 10.5. The number of ether oxygens (including phenoxy) is 1. The molecule has 2 rings (SSSR count). The maximum Gasteiger partial charge on any atom is 0.163 e. The van der Waals surface area contributed by atoms with Gasteiger partial charge in [0.15, 0.2) is 6.29 Å². The van der Waals surface area contributed by atoms with Gasteiger partial charge in [-0.15, -0.1) is 0 Å². The van der Waals surface area contributed by atoms with E-state index in [0.717, 1.165) is 17.3 Å². The maximum absolute atomic E-state index is 10.5. The van der Waals surface area contributed by atoms with E-state index in [1.165, 1.54) is 12.8 Å². The summed E-state index contributed by atoms with van der Waals surface area (Å²) >= 11 is 0. The van der Waals surface area contributed by atoms with Crippen molar-refractivity contribution >= 4 is 0 Å². The van der Waals surface area contributed by atoms with E-state index in [9.17, 15) is 10.2 Å². The molecule has 0 spiro atoms. The fraction of sp³-hybridized carbons (Fsp3) is 0.700. The van der Waals surface area contributed by atoms with Gasteiger partial charge in [0.05, 0.1) is 31.7 Å². The Bertz CT molecular complexity index is 480. The lowest BCUT2D eigenvalue weighted by Crippen LogP contribution is -3.00. The van der Waals surface area contributed by atoms with E-state index in [1.807, 2.05) is 18.2 Å². The zero-order chi connectivity index (χ0) is 17.7. The number of rotatable bonds is 8. The Labute approximate surface area is 163 Å². The minimum absolute atomic E-state index is 0. The molecule has 0 radical (unpaired) electrons. The first-order valence-electron chi connectivity index (χ1n) is 9.21. The second kappa shape index (κ2) is 10.0. The Balaban J connectivity index is 0.00000312. The van der Waals surface area contributed by atoms with E-state index in [2.05, 4.69) is 27.5 Å². The number of allylic oxidation sites excluding steroid dienone is 4. The predicted octanol–water partition coefficient (Wildman–Crippen LogP) is -0.219. The van der Waals surface area contributed by atoms with Crippen LogP contribution in [-0.4, -0.2) is 58.9 Å². The largest absolute Gasteiger partial charge is 1.00 e. The van der Waals surface area contributed by atoms with Crippen molar-refractivity contribution in [2.75, 3.05) is 13.7 Å². The summed E-state index contributed by atoms with van der Waals surface area (Å²) in [5, 5.41) is 20.0. The third kappa shape index (κ3) is 4.83. The minimum atomic E-state index is -0.964. The molecule has 2 fully saturated rings. The number of hydrogen-bond donors (Lipinski definition) is 2. The summed E-state index contributed by atoms with van der Waals surface area (Å²) in [7, 11) is 2.35. The van der Waals surface area contributed by atoms with Crippen LogP contribution in [0.5, 0.6) is 0 Å². The fourth-order valence-corrected chi connectivity index (χ4v) is 4.53. The van der Waals surface area contributed by atoms with Crippen molar-refractivity contribution in [2.24, 2.45) is 5.92 Å². The molecule has 0 aromatic carbocycles. The molecule has 2 aliphatic heterocycles. The standard InChI is InChI=1S/C20H34NO3.BrH/c1-5-6-7-8-10-16(14-22)20(23)24-19-13-17-11-9-12-18(19)21(17,4)15(2)3;/h5-8,10,15-20,22-23H,1,9,11-14H2,2-4H3;1H/q+1;/p-1/b7-6-,10-8+;. The molecular weight excluding hydrogens is 382 g/mol. The van der Waals surface area contributed by atoms with E-state index in [1.54, 1.807) is 12.2 Å². The van der Waals surface area contributed by atoms with Gasteiger partial charge in [-0.3, -0.25) is 0 Å². The van der Waals surface area contributed by atoms with Crippen molar-refractivity contribution in [2.45, 2.75) is 70.1 Å². The molecule has 144 valence electrons. The number of quaternary nitrogens is 1. The second-order valence-electron chi connectivity index (χ2n) is 7.62. The molecule has 6 atom stereocenters. The number of likely N-dealkylation sites (N-methyl/N-ethyl adjacent to an activating group) is 1.